The lowest BCUT2D eigenvalue weighted by Crippen LogP contribution is -2.47. The number of nitrogens with zero attached hydrogens (tertiary/aromatic N) is 2. The molecular formula is C21H20N4O3. The van der Waals surface area contributed by atoms with Crippen LogP contribution in [0.1, 0.15) is 30.5 Å². The minimum atomic E-state index is -1.24. The molecule has 1 aliphatic rings. The lowest BCUT2D eigenvalue weighted by Gasteiger charge is -2.24. The van der Waals surface area contributed by atoms with Crippen LogP contribution in [0.5, 0.6) is 0 Å². The number of urea groups is 1. The number of amides is 4. The molecule has 0 bridgehead atoms. The molecular weight excluding hydrogens is 356 g/mol. The van der Waals surface area contributed by atoms with Crippen molar-refractivity contribution < 1.29 is 14.4 Å². The fourth-order valence-corrected chi connectivity index (χ4v) is 3.13. The molecule has 0 aromatic heterocycles. The number of hydrogen-bond acceptors (Lipinski definition) is 4. The second-order valence-electron chi connectivity index (χ2n) is 6.95. The van der Waals surface area contributed by atoms with E-state index in [-0.39, 0.29) is 0 Å². The summed E-state index contributed by atoms with van der Waals surface area (Å²) in [5.41, 5.74) is 1.26. The Labute approximate surface area is 163 Å². The summed E-state index contributed by atoms with van der Waals surface area (Å²) >= 11 is 0. The van der Waals surface area contributed by atoms with Gasteiger partial charge in [-0.1, -0.05) is 35.9 Å². The molecule has 0 unspecified atom stereocenters. The smallest absolute Gasteiger partial charge is 0.324 e. The van der Waals surface area contributed by atoms with Gasteiger partial charge in [0.1, 0.15) is 11.6 Å². The van der Waals surface area contributed by atoms with Gasteiger partial charge in [0.2, 0.25) is 5.91 Å². The zero-order valence-corrected chi connectivity index (χ0v) is 15.8. The first-order valence-corrected chi connectivity index (χ1v) is 8.80. The highest BCUT2D eigenvalue weighted by Gasteiger charge is 2.51. The fraction of sp³-hybridized carbons (Fsp3) is 0.238. The first-order chi connectivity index (χ1) is 13.3. The fourth-order valence-electron chi connectivity index (χ4n) is 3.13. The zero-order chi connectivity index (χ0) is 20.5. The highest BCUT2D eigenvalue weighted by atomic mass is 16.2. The van der Waals surface area contributed by atoms with E-state index in [4.69, 9.17) is 5.26 Å². The van der Waals surface area contributed by atoms with Crippen molar-refractivity contribution in [2.24, 2.45) is 0 Å². The molecule has 142 valence electrons. The Morgan fingerprint density at radius 3 is 2.54 bits per heavy atom. The molecule has 1 aliphatic heterocycles. The Morgan fingerprint density at radius 2 is 1.89 bits per heavy atom. The average Bonchev–Trinajstić information content (AvgIpc) is 2.91. The van der Waals surface area contributed by atoms with Crippen molar-refractivity contribution in [1.29, 1.82) is 5.26 Å². The van der Waals surface area contributed by atoms with Gasteiger partial charge in [0.25, 0.3) is 5.91 Å². The Bertz CT molecular complexity index is 993. The first kappa shape index (κ1) is 19.1. The van der Waals surface area contributed by atoms with E-state index in [2.05, 4.69) is 10.6 Å². The van der Waals surface area contributed by atoms with Gasteiger partial charge < -0.3 is 10.6 Å². The summed E-state index contributed by atoms with van der Waals surface area (Å²) in [6.07, 6.45) is 0. The number of nitriles is 1. The summed E-state index contributed by atoms with van der Waals surface area (Å²) in [6.45, 7) is 5.04. The van der Waals surface area contributed by atoms with Crippen LogP contribution in [-0.2, 0) is 15.1 Å². The van der Waals surface area contributed by atoms with Crippen LogP contribution in [-0.4, -0.2) is 28.8 Å². The van der Waals surface area contributed by atoms with Crippen molar-refractivity contribution in [3.63, 3.8) is 0 Å². The summed E-state index contributed by atoms with van der Waals surface area (Å²) in [5.74, 6) is -1.01. The van der Waals surface area contributed by atoms with E-state index in [0.717, 1.165) is 10.5 Å². The van der Waals surface area contributed by atoms with Gasteiger partial charge in [0.15, 0.2) is 0 Å². The van der Waals surface area contributed by atoms with Crippen LogP contribution in [0.4, 0.5) is 10.5 Å². The van der Waals surface area contributed by atoms with Gasteiger partial charge in [-0.3, -0.25) is 9.59 Å². The van der Waals surface area contributed by atoms with E-state index in [1.165, 1.54) is 13.0 Å². The van der Waals surface area contributed by atoms with Crippen LogP contribution >= 0.6 is 0 Å². The molecule has 2 atom stereocenters. The van der Waals surface area contributed by atoms with Crippen molar-refractivity contribution in [2.45, 2.75) is 32.4 Å². The van der Waals surface area contributed by atoms with Crippen molar-refractivity contribution in [3.05, 3.63) is 65.2 Å². The summed E-state index contributed by atoms with van der Waals surface area (Å²) in [4.78, 5) is 39.1. The molecule has 0 spiro atoms. The molecule has 7 heteroatoms. The largest absolute Gasteiger partial charge is 0.326 e. The number of hydrogen-bond donors (Lipinski definition) is 2. The number of carbonyl (C=O) groups is 3. The molecule has 3 rings (SSSR count). The molecule has 28 heavy (non-hydrogen) atoms. The quantitative estimate of drug-likeness (QED) is 0.801. The van der Waals surface area contributed by atoms with Crippen LogP contribution in [0, 0.1) is 18.3 Å². The van der Waals surface area contributed by atoms with Crippen LogP contribution in [0.15, 0.2) is 48.5 Å². The van der Waals surface area contributed by atoms with Crippen molar-refractivity contribution >= 4 is 23.5 Å². The van der Waals surface area contributed by atoms with Gasteiger partial charge in [-0.05, 0) is 44.5 Å². The van der Waals surface area contributed by atoms with Crippen LogP contribution < -0.4 is 10.6 Å². The molecule has 4 amide bonds. The SMILES string of the molecule is Cc1ccc([C@]2(C)NC(=O)N([C@@H](C)C(=O)Nc3cccc(C#N)c3)C2=O)cc1. The highest BCUT2D eigenvalue weighted by molar-refractivity contribution is 6.11. The van der Waals surface area contributed by atoms with E-state index >= 15 is 0 Å². The molecule has 1 heterocycles. The third kappa shape index (κ3) is 3.32. The summed E-state index contributed by atoms with van der Waals surface area (Å²) in [5, 5.41) is 14.3. The molecule has 0 aliphatic carbocycles. The van der Waals surface area contributed by atoms with Gasteiger partial charge in [0.05, 0.1) is 11.6 Å². The summed E-state index contributed by atoms with van der Waals surface area (Å²) in [7, 11) is 0. The number of anilines is 1. The van der Waals surface area contributed by atoms with Crippen LogP contribution in [0.2, 0.25) is 0 Å². The topological polar surface area (TPSA) is 102 Å². The molecule has 2 aromatic carbocycles. The number of rotatable bonds is 4. The van der Waals surface area contributed by atoms with Gasteiger partial charge in [-0.2, -0.15) is 5.26 Å². The van der Waals surface area contributed by atoms with E-state index in [9.17, 15) is 14.4 Å². The first-order valence-electron chi connectivity index (χ1n) is 8.80. The van der Waals surface area contributed by atoms with Crippen molar-refractivity contribution in [2.75, 3.05) is 5.32 Å². The third-order valence-corrected chi connectivity index (χ3v) is 4.88. The third-order valence-electron chi connectivity index (χ3n) is 4.88. The second kappa shape index (κ2) is 7.16. The Morgan fingerprint density at radius 1 is 1.21 bits per heavy atom. The van der Waals surface area contributed by atoms with E-state index in [1.807, 2.05) is 25.1 Å². The summed E-state index contributed by atoms with van der Waals surface area (Å²) in [6, 6.07) is 14.1. The molecule has 2 N–H and O–H groups in total. The van der Waals surface area contributed by atoms with Gasteiger partial charge >= 0.3 is 6.03 Å². The second-order valence-corrected chi connectivity index (χ2v) is 6.95. The Kier molecular flexibility index (Phi) is 4.89. The lowest BCUT2D eigenvalue weighted by atomic mass is 9.91. The van der Waals surface area contributed by atoms with Crippen LogP contribution in [0.3, 0.4) is 0 Å². The van der Waals surface area contributed by atoms with Gasteiger partial charge in [-0.15, -0.1) is 0 Å². The standard InChI is InChI=1S/C21H20N4O3/c1-13-7-9-16(10-8-13)21(3)19(27)25(20(28)24-21)14(2)18(26)23-17-6-4-5-15(11-17)12-22/h4-11,14H,1-3H3,(H,23,26)(H,24,28)/t14-,21-/m0/s1. The Balaban J connectivity index is 1.81. The number of nitrogens with one attached hydrogen (secondary N) is 2. The molecule has 7 nitrogen and oxygen atoms in total. The van der Waals surface area contributed by atoms with E-state index in [1.54, 1.807) is 37.3 Å². The van der Waals surface area contributed by atoms with E-state index < -0.39 is 29.4 Å². The minimum absolute atomic E-state index is 0.396. The predicted molar refractivity (Wildman–Crippen MR) is 103 cm³/mol. The lowest BCUT2D eigenvalue weighted by molar-refractivity contribution is -0.136. The molecule has 0 radical (unpaired) electrons. The number of imide groups is 1. The molecule has 1 saturated heterocycles. The molecule has 0 saturated carbocycles. The molecule has 2 aromatic rings. The monoisotopic (exact) mass is 376 g/mol. The van der Waals surface area contributed by atoms with Crippen LogP contribution in [0.25, 0.3) is 0 Å². The summed E-state index contributed by atoms with van der Waals surface area (Å²) < 4.78 is 0. The maximum atomic E-state index is 13.0. The number of aryl methyl sites for hydroxylation is 1. The maximum Gasteiger partial charge on any atom is 0.326 e. The number of carbonyl (C=O) groups excluding carboxylic acids is 3. The molecule has 1 fully saturated rings. The minimum Gasteiger partial charge on any atom is -0.324 e. The highest BCUT2D eigenvalue weighted by Crippen LogP contribution is 2.30. The van der Waals surface area contributed by atoms with E-state index in [0.29, 0.717) is 16.8 Å². The predicted octanol–water partition coefficient (Wildman–Crippen LogP) is 2.66. The normalized spacial score (nSPS) is 19.7. The van der Waals surface area contributed by atoms with Crippen molar-refractivity contribution in [1.82, 2.24) is 10.2 Å². The van der Waals surface area contributed by atoms with Gasteiger partial charge in [0, 0.05) is 5.69 Å². The van der Waals surface area contributed by atoms with Crippen molar-refractivity contribution in [3.8, 4) is 6.07 Å². The Hall–Kier alpha value is -3.66. The number of benzene rings is 2. The van der Waals surface area contributed by atoms with Gasteiger partial charge in [-0.25, -0.2) is 9.69 Å². The average molecular weight is 376 g/mol. The maximum absolute atomic E-state index is 13.0. The zero-order valence-electron chi connectivity index (χ0n) is 15.8.